The first-order valence-electron chi connectivity index (χ1n) is 43.2. The number of aliphatic hydroxyl groups excluding tert-OH is 5. The zero-order valence-electron chi connectivity index (χ0n) is 71.5. The molecule has 8 atom stereocenters. The standard InChI is InChI=1S/2C19H21N5O3.C18H17FN4O4.C18H19N5O3.C17H16N4O4/c25-12-16-11-20-23-24(16)15-8-4-7-14(9-15)21-19(26)17-10-18(27-22-17)13-5-2-1-3-6-13;25-12-15-11-24(23-21-15)16-8-6-14(7-9-16)20-19(26)17-10-18(27-22-17)13-4-2-1-3-5-13;1-10(24)16-21-22-17(26-16)12-8-18(19,9-12)20-15(25)13-7-14(27-23-13)11-5-3-2-4-6-11;24-11-15-10-19-22-23(15)14-7-6-13(8-14)20-18(25)16-9-17(26-21-16)12-4-2-1-3-5-12;1-9(22)16-19-20-17(24-16)11-7-12(11)18-15(23)13-8-14(25-21-13)10-5-3-2-4-6-10/h1-3,5-6,10-11,14-15,25H,4,7-9,12H2,(H,21,26);1-5,10-11,14,16,25H,6-9,12H2,(H,20,26);2-7,10,12,24H,8-9H2,1H3,(H,20,25);1-5,9-10,13-14,24H,6-8,11H2,(H,20,25);2-6,8-9,11-12,22H,7H2,1H3,(H,18,23)/t;;10-,12?,18?;;9-,11?,12?/m..1.1/s1. The number of rotatable bonds is 25. The van der Waals surface area contributed by atoms with Crippen molar-refractivity contribution in [3.05, 3.63) is 270 Å². The minimum atomic E-state index is -1.88. The number of hydrogen-bond donors (Lipinski definition) is 10. The first kappa shape index (κ1) is 90.3. The fourth-order valence-corrected chi connectivity index (χ4v) is 15.9. The van der Waals surface area contributed by atoms with Gasteiger partial charge in [0.25, 0.3) is 29.5 Å². The molecule has 5 saturated carbocycles. The van der Waals surface area contributed by atoms with Gasteiger partial charge >= 0.3 is 0 Å². The molecule has 5 aliphatic carbocycles. The van der Waals surface area contributed by atoms with Gasteiger partial charge in [-0.3, -0.25) is 24.0 Å². The summed E-state index contributed by atoms with van der Waals surface area (Å²) in [6.45, 7) is 2.76. The summed E-state index contributed by atoms with van der Waals surface area (Å²) >= 11 is 0. The molecule has 132 heavy (non-hydrogen) atoms. The van der Waals surface area contributed by atoms with Crippen molar-refractivity contribution in [2.45, 2.75) is 196 Å². The molecule has 0 bridgehead atoms. The van der Waals surface area contributed by atoms with E-state index in [1.807, 2.05) is 156 Å². The molecule has 20 rings (SSSR count). The van der Waals surface area contributed by atoms with Crippen LogP contribution in [0.2, 0.25) is 0 Å². The van der Waals surface area contributed by atoms with E-state index in [4.69, 9.17) is 36.6 Å². The molecular weight excluding hydrogens is 1710 g/mol. The zero-order chi connectivity index (χ0) is 91.6. The van der Waals surface area contributed by atoms with E-state index in [1.54, 1.807) is 59.1 Å². The number of halogens is 1. The Morgan fingerprint density at radius 2 is 0.795 bits per heavy atom. The Morgan fingerprint density at radius 3 is 1.20 bits per heavy atom. The lowest BCUT2D eigenvalue weighted by Gasteiger charge is -2.39. The van der Waals surface area contributed by atoms with Gasteiger partial charge in [0.2, 0.25) is 23.6 Å². The van der Waals surface area contributed by atoms with E-state index in [9.17, 15) is 48.8 Å². The fourth-order valence-electron chi connectivity index (χ4n) is 15.9. The Morgan fingerprint density at radius 1 is 0.424 bits per heavy atom. The van der Waals surface area contributed by atoms with Gasteiger partial charge in [-0.15, -0.1) is 35.7 Å². The van der Waals surface area contributed by atoms with Crippen molar-refractivity contribution in [3.63, 3.8) is 0 Å². The minimum absolute atomic E-state index is 0.00325. The van der Waals surface area contributed by atoms with Crippen LogP contribution in [0.5, 0.6) is 0 Å². The van der Waals surface area contributed by atoms with Crippen LogP contribution in [0.4, 0.5) is 4.39 Å². The third-order valence-corrected chi connectivity index (χ3v) is 23.0. The third-order valence-electron chi connectivity index (χ3n) is 23.0. The highest BCUT2D eigenvalue weighted by molar-refractivity contribution is 5.96. The van der Waals surface area contributed by atoms with Gasteiger partial charge in [0.05, 0.1) is 73.8 Å². The van der Waals surface area contributed by atoms with Gasteiger partial charge < -0.3 is 83.6 Å². The number of amides is 5. The summed E-state index contributed by atoms with van der Waals surface area (Å²) in [7, 11) is 0. The summed E-state index contributed by atoms with van der Waals surface area (Å²) in [6.07, 6.45) is 13.4. The Balaban J connectivity index is 0.000000120. The number of carbonyl (C=O) groups excluding carboxylic acids is 5. The Kier molecular flexibility index (Phi) is 28.7. The van der Waals surface area contributed by atoms with Gasteiger partial charge in [-0.1, -0.05) is 193 Å². The second-order valence-electron chi connectivity index (χ2n) is 32.6. The molecule has 0 aliphatic heterocycles. The number of benzene rings is 5. The van der Waals surface area contributed by atoms with Crippen LogP contribution in [0.15, 0.2) is 232 Å². The topological polar surface area (TPSA) is 547 Å². The molecule has 40 nitrogen and oxygen atoms in total. The van der Waals surface area contributed by atoms with E-state index in [0.29, 0.717) is 63.9 Å². The number of nitrogens with one attached hydrogen (secondary N) is 5. The van der Waals surface area contributed by atoms with Crippen LogP contribution >= 0.6 is 0 Å². The molecular formula is C91H94FN23O17. The predicted molar refractivity (Wildman–Crippen MR) is 461 cm³/mol. The first-order chi connectivity index (χ1) is 64.3. The lowest BCUT2D eigenvalue weighted by Crippen LogP contribution is -2.53. The van der Waals surface area contributed by atoms with E-state index >= 15 is 0 Å². The molecule has 10 N–H and O–H groups in total. The highest BCUT2D eigenvalue weighted by atomic mass is 19.1. The number of carbonyl (C=O) groups is 5. The van der Waals surface area contributed by atoms with Gasteiger partial charge in [-0.2, -0.15) is 0 Å². The van der Waals surface area contributed by atoms with Crippen molar-refractivity contribution in [2.24, 2.45) is 0 Å². The lowest BCUT2D eigenvalue weighted by molar-refractivity contribution is -0.000270. The van der Waals surface area contributed by atoms with E-state index in [2.05, 4.69) is 104 Å². The molecule has 5 aliphatic rings. The monoisotopic (exact) mass is 1800 g/mol. The molecule has 6 unspecified atom stereocenters. The maximum Gasteiger partial charge on any atom is 0.275 e. The van der Waals surface area contributed by atoms with E-state index in [0.717, 1.165) is 98.4 Å². The van der Waals surface area contributed by atoms with Gasteiger partial charge in [-0.25, -0.2) is 18.4 Å². The van der Waals surface area contributed by atoms with Crippen LogP contribution in [0.25, 0.3) is 56.6 Å². The second kappa shape index (κ2) is 42.0. The number of aromatic nitrogens is 18. The first-order valence-corrected chi connectivity index (χ1v) is 43.2. The van der Waals surface area contributed by atoms with Crippen LogP contribution in [0, 0.1) is 0 Å². The maximum atomic E-state index is 14.7. The summed E-state index contributed by atoms with van der Waals surface area (Å²) in [5, 5.41) is 119. The molecule has 5 fully saturated rings. The van der Waals surface area contributed by atoms with Gasteiger partial charge in [0, 0.05) is 101 Å². The molecule has 41 heteroatoms. The highest BCUT2D eigenvalue weighted by Gasteiger charge is 2.50. The van der Waals surface area contributed by atoms with E-state index < -0.39 is 23.9 Å². The largest absolute Gasteiger partial charge is 0.422 e. The van der Waals surface area contributed by atoms with Gasteiger partial charge in [-0.05, 0) is 90.9 Å². The fraction of sp³-hybridized carbons (Fsp3) is 0.341. The third kappa shape index (κ3) is 22.6. The van der Waals surface area contributed by atoms with E-state index in [1.165, 1.54) is 13.0 Å². The zero-order valence-corrected chi connectivity index (χ0v) is 71.5. The molecule has 10 aromatic heterocycles. The van der Waals surface area contributed by atoms with Crippen LogP contribution in [0.3, 0.4) is 0 Å². The average molecular weight is 1800 g/mol. The Labute approximate surface area is 751 Å². The molecule has 682 valence electrons. The summed E-state index contributed by atoms with van der Waals surface area (Å²) < 4.78 is 57.1. The lowest BCUT2D eigenvalue weighted by atomic mass is 9.77. The molecule has 0 radical (unpaired) electrons. The molecule has 10 heterocycles. The second-order valence-corrected chi connectivity index (χ2v) is 32.6. The van der Waals surface area contributed by atoms with Crippen molar-refractivity contribution < 1.29 is 85.3 Å². The van der Waals surface area contributed by atoms with Crippen LogP contribution in [-0.4, -0.2) is 176 Å². The van der Waals surface area contributed by atoms with Crippen molar-refractivity contribution in [2.75, 3.05) is 0 Å². The number of aliphatic hydroxyl groups is 5. The summed E-state index contributed by atoms with van der Waals surface area (Å²) in [6, 6.07) is 55.9. The maximum absolute atomic E-state index is 14.7. The van der Waals surface area contributed by atoms with E-state index in [-0.39, 0.29) is 151 Å². The summed E-state index contributed by atoms with van der Waals surface area (Å²) in [5.41, 5.74) is 7.28. The quantitative estimate of drug-likeness (QED) is 0.0238. The normalized spacial score (nSPS) is 20.4. The molecule has 5 amide bonds. The summed E-state index contributed by atoms with van der Waals surface area (Å²) in [4.78, 5) is 62.0. The Hall–Kier alpha value is -15.1. The van der Waals surface area contributed by atoms with Gasteiger partial charge in [0.1, 0.15) is 17.9 Å². The Bertz CT molecular complexity index is 6270. The smallest absolute Gasteiger partial charge is 0.275 e. The number of alkyl halides is 1. The average Bonchev–Trinajstić information content (AvgIpc) is 1.57. The minimum Gasteiger partial charge on any atom is -0.422 e. The molecule has 15 aromatic rings. The van der Waals surface area contributed by atoms with Crippen molar-refractivity contribution in [1.82, 2.24) is 118 Å². The van der Waals surface area contributed by atoms with Crippen molar-refractivity contribution in [1.29, 1.82) is 0 Å². The highest BCUT2D eigenvalue weighted by Crippen LogP contribution is 2.46. The van der Waals surface area contributed by atoms with Crippen LogP contribution < -0.4 is 26.6 Å². The van der Waals surface area contributed by atoms with Crippen LogP contribution in [0.1, 0.15) is 239 Å². The van der Waals surface area contributed by atoms with Crippen LogP contribution in [-0.2, 0) is 19.8 Å². The summed E-state index contributed by atoms with van der Waals surface area (Å²) in [5.74, 6) is -0.292. The van der Waals surface area contributed by atoms with Crippen molar-refractivity contribution >= 4 is 29.5 Å². The molecule has 0 saturated heterocycles. The predicted octanol–water partition coefficient (Wildman–Crippen LogP) is 11.4. The van der Waals surface area contributed by atoms with Crippen molar-refractivity contribution in [3.8, 4) is 56.6 Å². The SMILES string of the molecule is C[C@@H](O)c1nnc(C2CC(F)(NC(=O)c3cc(-c4ccccc4)on3)C2)o1.C[C@@H](O)c1nnc(C2CC2NC(=O)c2cc(-c3ccccc3)on2)o1.O=C(NC1CCC(n2cc(CO)nn2)CC1)c1cc(-c2ccccc2)on1.O=C(NC1CCC(n2nncc2CO)C1)c1cc(-c2ccccc2)on1.O=C(NC1CCCC(n2nncc2CO)C1)c1cc(-c2ccccc2)on1. The number of hydrogen-bond acceptors (Lipinski definition) is 32. The molecule has 5 aromatic carbocycles. The number of nitrogens with zero attached hydrogens (tertiary/aromatic N) is 18. The molecule has 0 spiro atoms. The van der Waals surface area contributed by atoms with Gasteiger partial charge in [0.15, 0.2) is 63.1 Å².